The number of amides is 3. The highest BCUT2D eigenvalue weighted by atomic mass is 16.6. The highest BCUT2D eigenvalue weighted by molar-refractivity contribution is 5.93. The van der Waals surface area contributed by atoms with E-state index in [0.717, 1.165) is 16.0 Å². The molecule has 2 aromatic carbocycles. The van der Waals surface area contributed by atoms with Crippen LogP contribution in [0.4, 0.5) is 9.59 Å². The number of rotatable bonds is 9. The summed E-state index contributed by atoms with van der Waals surface area (Å²) in [5.41, 5.74) is 1.88. The maximum atomic E-state index is 12.8. The summed E-state index contributed by atoms with van der Waals surface area (Å²) in [7, 11) is 0. The molecule has 7 heteroatoms. The quantitative estimate of drug-likeness (QED) is 0.575. The Morgan fingerprint density at radius 2 is 1.74 bits per heavy atom. The van der Waals surface area contributed by atoms with E-state index in [0.29, 0.717) is 6.42 Å². The molecule has 1 aliphatic rings. The Hall–Kier alpha value is -3.61. The Balaban J connectivity index is 1.55. The van der Waals surface area contributed by atoms with Crippen LogP contribution >= 0.6 is 0 Å². The van der Waals surface area contributed by atoms with Crippen LogP contribution in [-0.4, -0.2) is 53.6 Å². The largest absolute Gasteiger partial charge is 0.447 e. The molecule has 31 heavy (non-hydrogen) atoms. The van der Waals surface area contributed by atoms with Gasteiger partial charge in [-0.2, -0.15) is 0 Å². The smallest absolute Gasteiger partial charge is 0.416 e. The van der Waals surface area contributed by atoms with Crippen molar-refractivity contribution in [2.24, 2.45) is 0 Å². The molecule has 0 saturated carbocycles. The van der Waals surface area contributed by atoms with Gasteiger partial charge >= 0.3 is 12.2 Å². The van der Waals surface area contributed by atoms with Crippen molar-refractivity contribution < 1.29 is 23.9 Å². The average Bonchev–Trinajstić information content (AvgIpc) is 3.16. The van der Waals surface area contributed by atoms with Gasteiger partial charge < -0.3 is 14.4 Å². The van der Waals surface area contributed by atoms with E-state index >= 15 is 0 Å². The minimum Gasteiger partial charge on any atom is -0.447 e. The van der Waals surface area contributed by atoms with E-state index in [9.17, 15) is 14.4 Å². The summed E-state index contributed by atoms with van der Waals surface area (Å²) in [4.78, 5) is 39.9. The van der Waals surface area contributed by atoms with Crippen molar-refractivity contribution in [2.45, 2.75) is 25.5 Å². The molecule has 0 aromatic heterocycles. The Bertz CT molecular complexity index is 901. The van der Waals surface area contributed by atoms with Crippen LogP contribution in [0.1, 0.15) is 17.5 Å². The Labute approximate surface area is 181 Å². The van der Waals surface area contributed by atoms with E-state index in [4.69, 9.17) is 9.47 Å². The van der Waals surface area contributed by atoms with Gasteiger partial charge in [0.2, 0.25) is 5.91 Å². The van der Waals surface area contributed by atoms with Gasteiger partial charge in [0.15, 0.2) is 0 Å². The average molecular weight is 422 g/mol. The molecule has 1 fully saturated rings. The first-order chi connectivity index (χ1) is 15.1. The van der Waals surface area contributed by atoms with Gasteiger partial charge in [-0.15, -0.1) is 6.58 Å². The van der Waals surface area contributed by atoms with E-state index in [1.165, 1.54) is 4.90 Å². The van der Waals surface area contributed by atoms with Crippen LogP contribution in [-0.2, 0) is 27.3 Å². The number of ether oxygens (including phenoxy) is 2. The van der Waals surface area contributed by atoms with Gasteiger partial charge in [-0.25, -0.2) is 14.5 Å². The molecule has 162 valence electrons. The third kappa shape index (κ3) is 6.18. The summed E-state index contributed by atoms with van der Waals surface area (Å²) >= 11 is 0. The first kappa shape index (κ1) is 22.1. The molecule has 1 atom stereocenters. The number of benzene rings is 2. The molecule has 2 aromatic rings. The van der Waals surface area contributed by atoms with Crippen molar-refractivity contribution in [1.29, 1.82) is 0 Å². The summed E-state index contributed by atoms with van der Waals surface area (Å²) in [6.45, 7) is 4.30. The number of hydrogen-bond acceptors (Lipinski definition) is 5. The fourth-order valence-electron chi connectivity index (χ4n) is 3.38. The minimum atomic E-state index is -0.646. The van der Waals surface area contributed by atoms with Gasteiger partial charge in [-0.1, -0.05) is 66.7 Å². The van der Waals surface area contributed by atoms with E-state index in [-0.39, 0.29) is 44.7 Å². The number of hydrogen-bond donors (Lipinski definition) is 0. The Morgan fingerprint density at radius 1 is 1.10 bits per heavy atom. The molecular formula is C24H26N2O5. The second-order valence-corrected chi connectivity index (χ2v) is 7.21. The molecule has 0 aliphatic carbocycles. The minimum absolute atomic E-state index is 0.0192. The molecule has 0 spiro atoms. The van der Waals surface area contributed by atoms with E-state index in [1.807, 2.05) is 60.7 Å². The second-order valence-electron chi connectivity index (χ2n) is 7.21. The number of nitrogens with zero attached hydrogens (tertiary/aromatic N) is 2. The van der Waals surface area contributed by atoms with Crippen molar-refractivity contribution in [3.05, 3.63) is 84.4 Å². The van der Waals surface area contributed by atoms with Gasteiger partial charge in [-0.05, 0) is 17.5 Å². The lowest BCUT2D eigenvalue weighted by atomic mass is 10.1. The first-order valence-corrected chi connectivity index (χ1v) is 10.2. The van der Waals surface area contributed by atoms with Crippen LogP contribution in [0.2, 0.25) is 0 Å². The highest BCUT2D eigenvalue weighted by Gasteiger charge is 2.37. The van der Waals surface area contributed by atoms with Crippen molar-refractivity contribution in [2.75, 3.05) is 19.7 Å². The summed E-state index contributed by atoms with van der Waals surface area (Å²) < 4.78 is 10.5. The van der Waals surface area contributed by atoms with Crippen molar-refractivity contribution in [3.63, 3.8) is 0 Å². The van der Waals surface area contributed by atoms with Gasteiger partial charge in [-0.3, -0.25) is 4.79 Å². The van der Waals surface area contributed by atoms with Gasteiger partial charge in [0.25, 0.3) is 0 Å². The first-order valence-electron chi connectivity index (χ1n) is 10.2. The Morgan fingerprint density at radius 3 is 2.39 bits per heavy atom. The van der Waals surface area contributed by atoms with Crippen LogP contribution in [0.5, 0.6) is 0 Å². The maximum absolute atomic E-state index is 12.8. The SMILES string of the molecule is C=CCN(CCC(=O)N1C(=O)OC[C@H]1Cc1ccccc1)C(=O)OCc1ccccc1. The van der Waals surface area contributed by atoms with Gasteiger partial charge in [0.1, 0.15) is 13.2 Å². The molecule has 3 amide bonds. The molecule has 7 nitrogen and oxygen atoms in total. The van der Waals surface area contributed by atoms with Gasteiger partial charge in [0, 0.05) is 19.5 Å². The lowest BCUT2D eigenvalue weighted by molar-refractivity contribution is -0.129. The summed E-state index contributed by atoms with van der Waals surface area (Å²) in [6, 6.07) is 18.6. The lowest BCUT2D eigenvalue weighted by Gasteiger charge is -2.23. The van der Waals surface area contributed by atoms with Crippen LogP contribution in [0.3, 0.4) is 0 Å². The summed E-state index contributed by atoms with van der Waals surface area (Å²) in [6.07, 6.45) is 0.883. The van der Waals surface area contributed by atoms with Crippen LogP contribution in [0.15, 0.2) is 73.3 Å². The third-order valence-corrected chi connectivity index (χ3v) is 4.95. The second kappa shape index (κ2) is 11.0. The van der Waals surface area contributed by atoms with Crippen molar-refractivity contribution in [3.8, 4) is 0 Å². The lowest BCUT2D eigenvalue weighted by Crippen LogP contribution is -2.42. The molecule has 3 rings (SSSR count). The third-order valence-electron chi connectivity index (χ3n) is 4.95. The molecule has 0 N–H and O–H groups in total. The maximum Gasteiger partial charge on any atom is 0.416 e. The van der Waals surface area contributed by atoms with E-state index in [1.54, 1.807) is 6.08 Å². The number of cyclic esters (lactones) is 1. The molecular weight excluding hydrogens is 396 g/mol. The predicted octanol–water partition coefficient (Wildman–Crippen LogP) is 3.79. The van der Waals surface area contributed by atoms with Crippen LogP contribution in [0, 0.1) is 0 Å². The molecule has 0 bridgehead atoms. The van der Waals surface area contributed by atoms with Crippen molar-refractivity contribution >= 4 is 18.1 Å². The fraction of sp³-hybridized carbons (Fsp3) is 0.292. The van der Waals surface area contributed by atoms with Crippen molar-refractivity contribution in [1.82, 2.24) is 9.80 Å². The fourth-order valence-corrected chi connectivity index (χ4v) is 3.38. The van der Waals surface area contributed by atoms with E-state index < -0.39 is 12.2 Å². The molecule has 0 unspecified atom stereocenters. The van der Waals surface area contributed by atoms with E-state index in [2.05, 4.69) is 6.58 Å². The van der Waals surface area contributed by atoms with Crippen LogP contribution < -0.4 is 0 Å². The molecule has 0 radical (unpaired) electrons. The molecule has 1 heterocycles. The highest BCUT2D eigenvalue weighted by Crippen LogP contribution is 2.18. The number of carbonyl (C=O) groups is 3. The van der Waals surface area contributed by atoms with Crippen LogP contribution in [0.25, 0.3) is 0 Å². The topological polar surface area (TPSA) is 76.2 Å². The number of carbonyl (C=O) groups excluding carboxylic acids is 3. The zero-order valence-electron chi connectivity index (χ0n) is 17.3. The predicted molar refractivity (Wildman–Crippen MR) is 115 cm³/mol. The zero-order valence-corrected chi connectivity index (χ0v) is 17.3. The standard InChI is InChI=1S/C24H26N2O5/c1-2-14-25(23(28)30-17-20-11-7-4-8-12-20)15-13-22(27)26-21(18-31-24(26)29)16-19-9-5-3-6-10-19/h2-12,21H,1,13-18H2/t21-/m1/s1. The number of imide groups is 1. The monoisotopic (exact) mass is 422 g/mol. The normalized spacial score (nSPS) is 15.3. The zero-order chi connectivity index (χ0) is 22.1. The summed E-state index contributed by atoms with van der Waals surface area (Å²) in [5, 5.41) is 0. The van der Waals surface area contributed by atoms with Gasteiger partial charge in [0.05, 0.1) is 6.04 Å². The summed E-state index contributed by atoms with van der Waals surface area (Å²) in [5.74, 6) is -0.381. The molecule has 1 aliphatic heterocycles. The Kier molecular flexibility index (Phi) is 7.81. The molecule has 1 saturated heterocycles.